The van der Waals surface area contributed by atoms with E-state index in [1.807, 2.05) is 6.08 Å². The van der Waals surface area contributed by atoms with E-state index in [0.717, 1.165) is 12.5 Å². The first kappa shape index (κ1) is 18.7. The van der Waals surface area contributed by atoms with Crippen molar-refractivity contribution in [3.05, 3.63) is 12.7 Å². The monoisotopic (exact) mass is 267 g/mol. The fourth-order valence-corrected chi connectivity index (χ4v) is 3.06. The SMILES string of the molecule is C=CCCCCCC(CC(C)CC(C)(C)C)NCC. The smallest absolute Gasteiger partial charge is 0.00694 e. The predicted molar refractivity (Wildman–Crippen MR) is 88.6 cm³/mol. The molecule has 0 aromatic rings. The van der Waals surface area contributed by atoms with Crippen LogP contribution in [-0.2, 0) is 0 Å². The lowest BCUT2D eigenvalue weighted by atomic mass is 9.82. The minimum absolute atomic E-state index is 0.458. The minimum atomic E-state index is 0.458. The molecule has 1 heteroatoms. The molecule has 0 aliphatic rings. The largest absolute Gasteiger partial charge is 0.314 e. The third kappa shape index (κ3) is 12.5. The molecule has 0 aliphatic heterocycles. The number of hydrogen-bond acceptors (Lipinski definition) is 1. The quantitative estimate of drug-likeness (QED) is 0.381. The maximum Gasteiger partial charge on any atom is 0.00694 e. The van der Waals surface area contributed by atoms with Gasteiger partial charge in [0.05, 0.1) is 0 Å². The molecule has 114 valence electrons. The number of allylic oxidation sites excluding steroid dienone is 1. The summed E-state index contributed by atoms with van der Waals surface area (Å²) >= 11 is 0. The van der Waals surface area contributed by atoms with Crippen molar-refractivity contribution in [2.75, 3.05) is 6.54 Å². The first-order valence-electron chi connectivity index (χ1n) is 8.23. The molecule has 0 saturated carbocycles. The van der Waals surface area contributed by atoms with E-state index in [-0.39, 0.29) is 0 Å². The fraction of sp³-hybridized carbons (Fsp3) is 0.889. The van der Waals surface area contributed by atoms with E-state index in [2.05, 4.69) is 46.5 Å². The van der Waals surface area contributed by atoms with Crippen molar-refractivity contribution in [1.82, 2.24) is 5.32 Å². The standard InChI is InChI=1S/C18H37N/c1-7-9-10-11-12-13-17(19-8-2)14-16(3)15-18(4,5)6/h7,16-17,19H,1,8-15H2,2-6H3. The summed E-state index contributed by atoms with van der Waals surface area (Å²) in [6.45, 7) is 16.6. The molecule has 19 heavy (non-hydrogen) atoms. The highest BCUT2D eigenvalue weighted by atomic mass is 14.9. The molecule has 0 fully saturated rings. The molecule has 0 radical (unpaired) electrons. The Morgan fingerprint density at radius 2 is 1.84 bits per heavy atom. The highest BCUT2D eigenvalue weighted by molar-refractivity contribution is 4.74. The summed E-state index contributed by atoms with van der Waals surface area (Å²) in [7, 11) is 0. The molecule has 0 aromatic carbocycles. The molecule has 0 spiro atoms. The van der Waals surface area contributed by atoms with Crippen LogP contribution in [0.4, 0.5) is 0 Å². The highest BCUT2D eigenvalue weighted by Gasteiger charge is 2.18. The van der Waals surface area contributed by atoms with Gasteiger partial charge in [0, 0.05) is 6.04 Å². The van der Waals surface area contributed by atoms with Gasteiger partial charge in [0.2, 0.25) is 0 Å². The maximum absolute atomic E-state index is 3.78. The minimum Gasteiger partial charge on any atom is -0.314 e. The third-order valence-electron chi connectivity index (χ3n) is 3.60. The van der Waals surface area contributed by atoms with Crippen molar-refractivity contribution < 1.29 is 0 Å². The number of hydrogen-bond donors (Lipinski definition) is 1. The zero-order valence-corrected chi connectivity index (χ0v) is 14.1. The second-order valence-corrected chi connectivity index (χ2v) is 7.29. The van der Waals surface area contributed by atoms with Gasteiger partial charge in [0.25, 0.3) is 0 Å². The van der Waals surface area contributed by atoms with Crippen LogP contribution in [0, 0.1) is 11.3 Å². The van der Waals surface area contributed by atoms with Crippen molar-refractivity contribution in [3.8, 4) is 0 Å². The summed E-state index contributed by atoms with van der Waals surface area (Å²) < 4.78 is 0. The molecule has 0 aliphatic carbocycles. The van der Waals surface area contributed by atoms with Crippen LogP contribution in [0.5, 0.6) is 0 Å². The topological polar surface area (TPSA) is 12.0 Å². The van der Waals surface area contributed by atoms with E-state index in [0.29, 0.717) is 11.5 Å². The number of nitrogens with one attached hydrogen (secondary N) is 1. The Morgan fingerprint density at radius 1 is 1.16 bits per heavy atom. The molecule has 0 saturated heterocycles. The molecule has 0 heterocycles. The van der Waals surface area contributed by atoms with Crippen molar-refractivity contribution in [1.29, 1.82) is 0 Å². The molecule has 2 atom stereocenters. The lowest BCUT2D eigenvalue weighted by molar-refractivity contribution is 0.270. The van der Waals surface area contributed by atoms with Crippen LogP contribution in [0.2, 0.25) is 0 Å². The highest BCUT2D eigenvalue weighted by Crippen LogP contribution is 2.27. The lowest BCUT2D eigenvalue weighted by Crippen LogP contribution is -2.31. The fourth-order valence-electron chi connectivity index (χ4n) is 3.06. The third-order valence-corrected chi connectivity index (χ3v) is 3.60. The second kappa shape index (κ2) is 10.5. The van der Waals surface area contributed by atoms with Crippen molar-refractivity contribution >= 4 is 0 Å². The molecule has 1 N–H and O–H groups in total. The molecular formula is C18H37N. The Bertz CT molecular complexity index is 214. The Labute approximate surface area is 122 Å². The van der Waals surface area contributed by atoms with Crippen LogP contribution in [0.3, 0.4) is 0 Å². The van der Waals surface area contributed by atoms with Gasteiger partial charge < -0.3 is 5.32 Å². The average Bonchev–Trinajstić information content (AvgIpc) is 2.26. The summed E-state index contributed by atoms with van der Waals surface area (Å²) in [5.74, 6) is 0.817. The van der Waals surface area contributed by atoms with Gasteiger partial charge in [-0.3, -0.25) is 0 Å². The lowest BCUT2D eigenvalue weighted by Gasteiger charge is -2.27. The van der Waals surface area contributed by atoms with Gasteiger partial charge in [0.15, 0.2) is 0 Å². The second-order valence-electron chi connectivity index (χ2n) is 7.29. The van der Waals surface area contributed by atoms with Gasteiger partial charge in [-0.05, 0) is 50.0 Å². The Morgan fingerprint density at radius 3 is 2.37 bits per heavy atom. The summed E-state index contributed by atoms with van der Waals surface area (Å²) in [6, 6.07) is 0.714. The molecule has 0 amide bonds. The van der Waals surface area contributed by atoms with E-state index >= 15 is 0 Å². The van der Waals surface area contributed by atoms with E-state index in [1.165, 1.54) is 44.9 Å². The van der Waals surface area contributed by atoms with E-state index in [1.54, 1.807) is 0 Å². The normalized spacial score (nSPS) is 15.2. The van der Waals surface area contributed by atoms with Crippen molar-refractivity contribution in [2.45, 2.75) is 85.6 Å². The van der Waals surface area contributed by atoms with Gasteiger partial charge in [-0.1, -0.05) is 53.5 Å². The zero-order chi connectivity index (χ0) is 14.7. The van der Waals surface area contributed by atoms with Crippen LogP contribution in [0.25, 0.3) is 0 Å². The van der Waals surface area contributed by atoms with Crippen LogP contribution in [0.1, 0.15) is 79.6 Å². The zero-order valence-electron chi connectivity index (χ0n) is 14.1. The van der Waals surface area contributed by atoms with E-state index in [9.17, 15) is 0 Å². The van der Waals surface area contributed by atoms with Crippen molar-refractivity contribution in [3.63, 3.8) is 0 Å². The summed E-state index contributed by atoms with van der Waals surface area (Å²) in [4.78, 5) is 0. The van der Waals surface area contributed by atoms with Crippen LogP contribution in [-0.4, -0.2) is 12.6 Å². The van der Waals surface area contributed by atoms with Crippen LogP contribution < -0.4 is 5.32 Å². The Kier molecular flexibility index (Phi) is 10.3. The average molecular weight is 268 g/mol. The van der Waals surface area contributed by atoms with Gasteiger partial charge in [-0.25, -0.2) is 0 Å². The van der Waals surface area contributed by atoms with Gasteiger partial charge in [-0.15, -0.1) is 6.58 Å². The van der Waals surface area contributed by atoms with Gasteiger partial charge in [-0.2, -0.15) is 0 Å². The van der Waals surface area contributed by atoms with Gasteiger partial charge in [0.1, 0.15) is 0 Å². The molecular weight excluding hydrogens is 230 g/mol. The molecule has 0 rings (SSSR count). The first-order valence-corrected chi connectivity index (χ1v) is 8.23. The van der Waals surface area contributed by atoms with Crippen molar-refractivity contribution in [2.24, 2.45) is 11.3 Å². The molecule has 2 unspecified atom stereocenters. The van der Waals surface area contributed by atoms with Crippen LogP contribution >= 0.6 is 0 Å². The molecule has 0 bridgehead atoms. The van der Waals surface area contributed by atoms with Gasteiger partial charge >= 0.3 is 0 Å². The Balaban J connectivity index is 3.93. The number of rotatable bonds is 11. The predicted octanol–water partition coefficient (Wildman–Crippen LogP) is 5.56. The maximum atomic E-state index is 3.78. The number of unbranched alkanes of at least 4 members (excludes halogenated alkanes) is 3. The van der Waals surface area contributed by atoms with E-state index in [4.69, 9.17) is 0 Å². The molecule has 0 aromatic heterocycles. The molecule has 1 nitrogen and oxygen atoms in total. The summed E-state index contributed by atoms with van der Waals surface area (Å²) in [5.41, 5.74) is 0.458. The summed E-state index contributed by atoms with van der Waals surface area (Å²) in [5, 5.41) is 3.67. The summed E-state index contributed by atoms with van der Waals surface area (Å²) in [6.07, 6.45) is 11.2. The first-order chi connectivity index (χ1) is 8.89. The van der Waals surface area contributed by atoms with Crippen LogP contribution in [0.15, 0.2) is 12.7 Å². The Hall–Kier alpha value is -0.300. The van der Waals surface area contributed by atoms with E-state index < -0.39 is 0 Å².